The van der Waals surface area contributed by atoms with E-state index in [1.54, 1.807) is 22.9 Å². The third kappa shape index (κ3) is 4.73. The number of likely N-dealkylation sites (N-methyl/N-ethyl adjacent to an activating group) is 1. The van der Waals surface area contributed by atoms with E-state index in [-0.39, 0.29) is 45.7 Å². The van der Waals surface area contributed by atoms with Crippen LogP contribution >= 0.6 is 46.0 Å². The average Bonchev–Trinajstić information content (AvgIpc) is 2.86. The van der Waals surface area contributed by atoms with Crippen LogP contribution in [0, 0.1) is 11.6 Å². The number of Topliss-reactive ketones (excluding diaryl/α,β-unsaturated/α-hetero) is 1. The monoisotopic (exact) mass is 670 g/mol. The fraction of sp³-hybridized carbons (Fsp3) is 0.308. The van der Waals surface area contributed by atoms with Crippen LogP contribution in [0.25, 0.3) is 22.0 Å². The molecular weight excluding hydrogens is 649 g/mol. The number of carbonyl (C=O) groups excluding carboxylic acids is 2. The Bertz CT molecular complexity index is 1570. The quantitative estimate of drug-likeness (QED) is 0.164. The largest absolute Gasteiger partial charge is 0.357 e. The molecule has 2 aromatic carbocycles. The molecule has 2 aliphatic rings. The van der Waals surface area contributed by atoms with Gasteiger partial charge in [0.15, 0.2) is 0 Å². The van der Waals surface area contributed by atoms with Crippen molar-refractivity contribution in [2.75, 3.05) is 24.2 Å². The highest BCUT2D eigenvalue weighted by atomic mass is 127. The molecule has 1 amide bonds. The molecule has 2 atom stereocenters. The lowest BCUT2D eigenvalue weighted by atomic mass is 9.99. The van der Waals surface area contributed by atoms with Gasteiger partial charge in [-0.1, -0.05) is 40.8 Å². The summed E-state index contributed by atoms with van der Waals surface area (Å²) in [6.07, 6.45) is 1.67. The summed E-state index contributed by atoms with van der Waals surface area (Å²) < 4.78 is 29.7. The Hall–Kier alpha value is -2.51. The van der Waals surface area contributed by atoms with E-state index in [0.717, 1.165) is 6.07 Å². The molecule has 7 nitrogen and oxygen atoms in total. The van der Waals surface area contributed by atoms with Crippen LogP contribution in [0.5, 0.6) is 0 Å². The third-order valence-electron chi connectivity index (χ3n) is 6.74. The Morgan fingerprint density at radius 1 is 1.32 bits per heavy atom. The highest BCUT2D eigenvalue weighted by Crippen LogP contribution is 2.46. The number of benzene rings is 2. The summed E-state index contributed by atoms with van der Waals surface area (Å²) in [5.74, 6) is -0.789. The summed E-state index contributed by atoms with van der Waals surface area (Å²) in [6.45, 7) is 4.24. The van der Waals surface area contributed by atoms with Crippen molar-refractivity contribution >= 4 is 74.4 Å². The fourth-order valence-corrected chi connectivity index (χ4v) is 7.90. The summed E-state index contributed by atoms with van der Waals surface area (Å²) in [5.41, 5.74) is 0.625. The molecule has 0 radical (unpaired) electrons. The number of piperidine rings is 1. The molecule has 1 aromatic heterocycles. The maximum absolute atomic E-state index is 14.8. The normalized spacial score (nSPS) is 19.1. The van der Waals surface area contributed by atoms with Gasteiger partial charge in [0.1, 0.15) is 23.2 Å². The second-order valence-corrected chi connectivity index (χ2v) is 12.1. The first-order valence-electron chi connectivity index (χ1n) is 11.8. The predicted octanol–water partition coefficient (Wildman–Crippen LogP) is 5.04. The number of amides is 1. The molecule has 0 saturated carbocycles. The van der Waals surface area contributed by atoms with Gasteiger partial charge in [-0.3, -0.25) is 14.2 Å². The number of aryl methyl sites for hydroxylation is 1. The molecule has 2 aliphatic heterocycles. The molecular formula is C26H22ClF2IN4O3S. The second kappa shape index (κ2) is 10.6. The van der Waals surface area contributed by atoms with Gasteiger partial charge in [-0.05, 0) is 24.3 Å². The van der Waals surface area contributed by atoms with E-state index in [1.807, 2.05) is 0 Å². The van der Waals surface area contributed by atoms with Crippen molar-refractivity contribution in [3.63, 3.8) is 0 Å². The summed E-state index contributed by atoms with van der Waals surface area (Å²) >= 11 is 10.2. The van der Waals surface area contributed by atoms with E-state index in [0.29, 0.717) is 39.5 Å². The van der Waals surface area contributed by atoms with Gasteiger partial charge in [0.25, 0.3) is 0 Å². The number of carbonyl (C=O) groups is 2. The van der Waals surface area contributed by atoms with Crippen molar-refractivity contribution in [1.82, 2.24) is 14.5 Å². The van der Waals surface area contributed by atoms with Gasteiger partial charge in [-0.15, -0.1) is 11.8 Å². The van der Waals surface area contributed by atoms with Crippen molar-refractivity contribution in [1.29, 1.82) is 0 Å². The molecule has 0 N–H and O–H groups in total. The minimum Gasteiger partial charge on any atom is -0.357 e. The van der Waals surface area contributed by atoms with E-state index in [2.05, 4.69) is 34.2 Å². The molecule has 38 heavy (non-hydrogen) atoms. The molecule has 0 aliphatic carbocycles. The van der Waals surface area contributed by atoms with Gasteiger partial charge >= 0.3 is 5.69 Å². The van der Waals surface area contributed by atoms with Crippen LogP contribution in [-0.4, -0.2) is 55.6 Å². The van der Waals surface area contributed by atoms with E-state index in [4.69, 9.17) is 11.6 Å². The number of hydrogen-bond donors (Lipinski definition) is 0. The molecule has 3 heterocycles. The Labute approximate surface area is 240 Å². The lowest BCUT2D eigenvalue weighted by molar-refractivity contribution is -0.134. The van der Waals surface area contributed by atoms with E-state index in [1.165, 1.54) is 34.5 Å². The summed E-state index contributed by atoms with van der Waals surface area (Å²) in [6, 6.07) is 4.50. The van der Waals surface area contributed by atoms with Gasteiger partial charge in [0.2, 0.25) is 5.91 Å². The van der Waals surface area contributed by atoms with Crippen LogP contribution in [-0.2, 0) is 16.1 Å². The number of ketones is 1. The molecule has 0 bridgehead atoms. The molecule has 12 heteroatoms. The highest BCUT2D eigenvalue weighted by molar-refractivity contribution is 14.1. The minimum absolute atomic E-state index is 0.0475. The Morgan fingerprint density at radius 3 is 2.79 bits per heavy atom. The van der Waals surface area contributed by atoms with Crippen LogP contribution in [0.15, 0.2) is 46.6 Å². The van der Waals surface area contributed by atoms with Crippen LogP contribution < -0.4 is 10.6 Å². The number of rotatable bonds is 5. The Balaban J connectivity index is 1.65. The van der Waals surface area contributed by atoms with Gasteiger partial charge in [-0.25, -0.2) is 13.6 Å². The number of nitrogens with zero attached hydrogens (tertiary/aromatic N) is 4. The number of aromatic nitrogens is 2. The number of alkyl halides is 1. The van der Waals surface area contributed by atoms with Crippen LogP contribution in [0.3, 0.4) is 0 Å². The SMILES string of the molecule is C=CC(=O)N1C(I)CC(=O)CC1CN(C)c1nc(=O)n2c3c(c(-c4ccc(F)cc4F)c(Cl)cc13)SCC2. The van der Waals surface area contributed by atoms with Gasteiger partial charge < -0.3 is 9.80 Å². The van der Waals surface area contributed by atoms with Gasteiger partial charge in [-0.2, -0.15) is 4.98 Å². The first-order chi connectivity index (χ1) is 18.1. The van der Waals surface area contributed by atoms with Crippen molar-refractivity contribution < 1.29 is 18.4 Å². The zero-order valence-electron chi connectivity index (χ0n) is 20.2. The summed E-state index contributed by atoms with van der Waals surface area (Å²) in [4.78, 5) is 46.5. The van der Waals surface area contributed by atoms with E-state index >= 15 is 0 Å². The number of anilines is 1. The molecule has 0 spiro atoms. The lowest BCUT2D eigenvalue weighted by Gasteiger charge is -2.40. The molecule has 1 saturated heterocycles. The molecule has 3 aromatic rings. The molecule has 198 valence electrons. The smallest absolute Gasteiger partial charge is 0.350 e. The minimum atomic E-state index is -0.753. The topological polar surface area (TPSA) is 75.5 Å². The van der Waals surface area contributed by atoms with E-state index < -0.39 is 23.4 Å². The van der Waals surface area contributed by atoms with Crippen molar-refractivity contribution in [3.8, 4) is 11.1 Å². The maximum atomic E-state index is 14.8. The fourth-order valence-electron chi connectivity index (χ4n) is 5.12. The summed E-state index contributed by atoms with van der Waals surface area (Å²) in [7, 11) is 1.74. The van der Waals surface area contributed by atoms with Crippen LogP contribution in [0.1, 0.15) is 12.8 Å². The highest BCUT2D eigenvalue weighted by Gasteiger charge is 2.37. The predicted molar refractivity (Wildman–Crippen MR) is 153 cm³/mol. The van der Waals surface area contributed by atoms with Crippen molar-refractivity contribution in [2.45, 2.75) is 34.4 Å². The lowest BCUT2D eigenvalue weighted by Crippen LogP contribution is -2.53. The Kier molecular flexibility index (Phi) is 7.53. The third-order valence-corrected chi connectivity index (χ3v) is 9.15. The van der Waals surface area contributed by atoms with Crippen LogP contribution in [0.4, 0.5) is 14.6 Å². The zero-order chi connectivity index (χ0) is 27.3. The van der Waals surface area contributed by atoms with E-state index in [9.17, 15) is 23.2 Å². The van der Waals surface area contributed by atoms with Crippen LogP contribution in [0.2, 0.25) is 5.02 Å². The zero-order valence-corrected chi connectivity index (χ0v) is 23.9. The van der Waals surface area contributed by atoms with Crippen molar-refractivity contribution in [3.05, 3.63) is 64.1 Å². The molecule has 2 unspecified atom stereocenters. The summed E-state index contributed by atoms with van der Waals surface area (Å²) in [5, 5.41) is 0.818. The number of likely N-dealkylation sites (tertiary alicyclic amines) is 1. The molecule has 1 fully saturated rings. The van der Waals surface area contributed by atoms with Crippen molar-refractivity contribution in [2.24, 2.45) is 0 Å². The van der Waals surface area contributed by atoms with Gasteiger partial charge in [0, 0.05) is 66.2 Å². The number of hydrogen-bond acceptors (Lipinski definition) is 6. The number of thioether (sulfide) groups is 1. The maximum Gasteiger partial charge on any atom is 0.350 e. The van der Waals surface area contributed by atoms with Gasteiger partial charge in [0.05, 0.1) is 20.6 Å². The standard InChI is InChI=1S/C26H22ClF2IN4O3S/c1-3-21(36)34-14(9-15(35)10-20(34)30)12-32(2)25-17-11-18(27)22(16-5-4-13(28)8-19(16)29)24-23(17)33(6-7-38-24)26(37)31-25/h3-5,8,11,14,20H,1,6-7,9-10,12H2,2H3. The Morgan fingerprint density at radius 2 is 2.08 bits per heavy atom. The first kappa shape index (κ1) is 27.1. The molecule has 5 rings (SSSR count). The first-order valence-corrected chi connectivity index (χ1v) is 14.4. The average molecular weight is 671 g/mol. The second-order valence-electron chi connectivity index (χ2n) is 9.17. The number of halogens is 4.